The predicted octanol–water partition coefficient (Wildman–Crippen LogP) is 3.86. The van der Waals surface area contributed by atoms with Crippen molar-refractivity contribution in [2.24, 2.45) is 0 Å². The van der Waals surface area contributed by atoms with Crippen LogP contribution >= 0.6 is 0 Å². The molecule has 0 radical (unpaired) electrons. The highest BCUT2D eigenvalue weighted by Gasteiger charge is 2.33. The summed E-state index contributed by atoms with van der Waals surface area (Å²) in [6.45, 7) is 7.64. The van der Waals surface area contributed by atoms with Crippen molar-refractivity contribution in [3.8, 4) is 5.75 Å². The number of benzene rings is 2. The average molecular weight is 473 g/mol. The van der Waals surface area contributed by atoms with Gasteiger partial charge in [-0.1, -0.05) is 12.1 Å². The Morgan fingerprint density at radius 3 is 2.27 bits per heavy atom. The summed E-state index contributed by atoms with van der Waals surface area (Å²) >= 11 is 0. The van der Waals surface area contributed by atoms with Gasteiger partial charge in [-0.25, -0.2) is 8.42 Å². The lowest BCUT2D eigenvalue weighted by atomic mass is 10.0. The van der Waals surface area contributed by atoms with Crippen molar-refractivity contribution >= 4 is 15.9 Å². The highest BCUT2D eigenvalue weighted by molar-refractivity contribution is 7.89. The van der Waals surface area contributed by atoms with Crippen molar-refractivity contribution in [1.29, 1.82) is 0 Å². The Hall–Kier alpha value is -2.42. The number of hydrogen-bond acceptors (Lipinski definition) is 5. The van der Waals surface area contributed by atoms with Gasteiger partial charge in [0.1, 0.15) is 5.75 Å². The molecule has 3 unspecified atom stereocenters. The highest BCUT2D eigenvalue weighted by atomic mass is 32.2. The minimum absolute atomic E-state index is 0.00732. The number of morpholine rings is 1. The number of hydrogen-bond donors (Lipinski definition) is 0. The lowest BCUT2D eigenvalue weighted by Crippen LogP contribution is -2.48. The van der Waals surface area contributed by atoms with Crippen LogP contribution in [0.15, 0.2) is 53.4 Å². The zero-order chi connectivity index (χ0) is 23.6. The van der Waals surface area contributed by atoms with Gasteiger partial charge < -0.3 is 14.4 Å². The first-order valence-corrected chi connectivity index (χ1v) is 13.0. The van der Waals surface area contributed by atoms with Crippen molar-refractivity contribution in [2.75, 3.05) is 26.2 Å². The molecule has 2 fully saturated rings. The Labute approximate surface area is 196 Å². The Balaban J connectivity index is 1.49. The van der Waals surface area contributed by atoms with E-state index in [2.05, 4.69) is 0 Å². The van der Waals surface area contributed by atoms with Crippen LogP contribution in [0, 0.1) is 0 Å². The van der Waals surface area contributed by atoms with Gasteiger partial charge in [0.2, 0.25) is 10.0 Å². The summed E-state index contributed by atoms with van der Waals surface area (Å²) in [7, 11) is -3.64. The molecule has 2 aromatic rings. The fourth-order valence-electron chi connectivity index (χ4n) is 4.72. The largest absolute Gasteiger partial charge is 0.494 e. The molecule has 0 aliphatic carbocycles. The topological polar surface area (TPSA) is 76.2 Å². The van der Waals surface area contributed by atoms with Crippen LogP contribution in [0.5, 0.6) is 5.75 Å². The van der Waals surface area contributed by atoms with Crippen LogP contribution in [0.25, 0.3) is 0 Å². The maximum Gasteiger partial charge on any atom is 0.254 e. The van der Waals surface area contributed by atoms with Gasteiger partial charge in [-0.3, -0.25) is 4.79 Å². The van der Waals surface area contributed by atoms with Crippen LogP contribution in [0.3, 0.4) is 0 Å². The van der Waals surface area contributed by atoms with Crippen molar-refractivity contribution < 1.29 is 22.7 Å². The maximum absolute atomic E-state index is 13.3. The number of sulfonamides is 1. The molecule has 0 spiro atoms. The number of nitrogens with zero attached hydrogens (tertiary/aromatic N) is 2. The maximum atomic E-state index is 13.3. The van der Waals surface area contributed by atoms with Crippen LogP contribution in [0.2, 0.25) is 0 Å². The first-order chi connectivity index (χ1) is 15.8. The Morgan fingerprint density at radius 1 is 1.03 bits per heavy atom. The number of ether oxygens (including phenoxy) is 2. The molecule has 178 valence electrons. The molecule has 8 heteroatoms. The van der Waals surface area contributed by atoms with E-state index in [0.29, 0.717) is 31.8 Å². The van der Waals surface area contributed by atoms with E-state index in [9.17, 15) is 13.2 Å². The summed E-state index contributed by atoms with van der Waals surface area (Å²) in [6, 6.07) is 14.2. The zero-order valence-corrected chi connectivity index (χ0v) is 20.3. The average Bonchev–Trinajstić information content (AvgIpc) is 3.29. The summed E-state index contributed by atoms with van der Waals surface area (Å²) in [5.74, 6) is 0.738. The number of likely N-dealkylation sites (tertiary alicyclic amines) is 1. The quantitative estimate of drug-likeness (QED) is 0.638. The van der Waals surface area contributed by atoms with E-state index < -0.39 is 10.0 Å². The van der Waals surface area contributed by atoms with Gasteiger partial charge in [-0.15, -0.1) is 0 Å². The third kappa shape index (κ3) is 5.08. The van der Waals surface area contributed by atoms with Crippen LogP contribution in [-0.4, -0.2) is 62.0 Å². The summed E-state index contributed by atoms with van der Waals surface area (Å²) in [4.78, 5) is 15.4. The lowest BCUT2D eigenvalue weighted by molar-refractivity contribution is -0.0440. The van der Waals surface area contributed by atoms with E-state index in [0.717, 1.165) is 24.2 Å². The van der Waals surface area contributed by atoms with Gasteiger partial charge in [-0.2, -0.15) is 4.31 Å². The smallest absolute Gasteiger partial charge is 0.254 e. The van der Waals surface area contributed by atoms with Crippen LogP contribution in [-0.2, 0) is 14.8 Å². The first-order valence-electron chi connectivity index (χ1n) is 11.6. The minimum Gasteiger partial charge on any atom is -0.494 e. The van der Waals surface area contributed by atoms with Crippen molar-refractivity contribution in [3.05, 3.63) is 59.7 Å². The molecule has 2 heterocycles. The molecule has 2 aliphatic rings. The van der Waals surface area contributed by atoms with Crippen molar-refractivity contribution in [1.82, 2.24) is 9.21 Å². The normalized spacial score (nSPS) is 24.1. The second-order valence-electron chi connectivity index (χ2n) is 8.76. The molecule has 1 amide bonds. The molecule has 0 N–H and O–H groups in total. The first kappa shape index (κ1) is 23.7. The third-order valence-electron chi connectivity index (χ3n) is 6.21. The zero-order valence-electron chi connectivity index (χ0n) is 19.4. The highest BCUT2D eigenvalue weighted by Crippen LogP contribution is 2.34. The molecule has 7 nitrogen and oxygen atoms in total. The molecule has 2 aromatic carbocycles. The molecular weight excluding hydrogens is 440 g/mol. The number of rotatable bonds is 6. The summed E-state index contributed by atoms with van der Waals surface area (Å²) in [5.41, 5.74) is 1.58. The van der Waals surface area contributed by atoms with Crippen LogP contribution in [0.4, 0.5) is 0 Å². The minimum atomic E-state index is -3.64. The van der Waals surface area contributed by atoms with E-state index in [-0.39, 0.29) is 29.1 Å². The molecule has 4 rings (SSSR count). The van der Waals surface area contributed by atoms with Crippen LogP contribution in [0.1, 0.15) is 55.6 Å². The van der Waals surface area contributed by atoms with Crippen LogP contribution < -0.4 is 4.74 Å². The molecule has 0 aromatic heterocycles. The van der Waals surface area contributed by atoms with E-state index in [4.69, 9.17) is 9.47 Å². The summed E-state index contributed by atoms with van der Waals surface area (Å²) < 4.78 is 38.8. The lowest BCUT2D eigenvalue weighted by Gasteiger charge is -2.34. The summed E-state index contributed by atoms with van der Waals surface area (Å²) in [5, 5.41) is 0. The number of carbonyl (C=O) groups is 1. The Morgan fingerprint density at radius 2 is 1.67 bits per heavy atom. The monoisotopic (exact) mass is 472 g/mol. The van der Waals surface area contributed by atoms with E-state index in [1.54, 1.807) is 12.1 Å². The van der Waals surface area contributed by atoms with E-state index >= 15 is 0 Å². The SMILES string of the molecule is CCOc1ccc(C2CCCN2C(=O)c2ccc(S(=O)(=O)N3CC(C)OC(C)C3)cc2)cc1. The third-order valence-corrected chi connectivity index (χ3v) is 8.06. The van der Waals surface area contributed by atoms with Gasteiger partial charge in [-0.05, 0) is 75.6 Å². The van der Waals surface area contributed by atoms with Gasteiger partial charge in [0.25, 0.3) is 5.91 Å². The number of amides is 1. The second kappa shape index (κ2) is 9.83. The second-order valence-corrected chi connectivity index (χ2v) is 10.7. The van der Waals surface area contributed by atoms with Gasteiger partial charge >= 0.3 is 0 Å². The van der Waals surface area contributed by atoms with E-state index in [1.165, 1.54) is 16.4 Å². The van der Waals surface area contributed by atoms with Gasteiger partial charge in [0, 0.05) is 25.2 Å². The molecule has 2 aliphatic heterocycles. The molecule has 3 atom stereocenters. The fraction of sp³-hybridized carbons (Fsp3) is 0.480. The van der Waals surface area contributed by atoms with Gasteiger partial charge in [0.15, 0.2) is 0 Å². The molecule has 2 saturated heterocycles. The number of carbonyl (C=O) groups excluding carboxylic acids is 1. The molecule has 0 bridgehead atoms. The standard InChI is InChI=1S/C25H32N2O5S/c1-4-31-22-11-7-20(8-12-22)24-6-5-15-27(24)25(28)21-9-13-23(14-10-21)33(29,30)26-16-18(2)32-19(3)17-26/h7-14,18-19,24H,4-6,15-17H2,1-3H3. The van der Waals surface area contributed by atoms with Gasteiger partial charge in [0.05, 0.1) is 29.8 Å². The van der Waals surface area contributed by atoms with Crippen molar-refractivity contribution in [3.63, 3.8) is 0 Å². The fourth-order valence-corrected chi connectivity index (χ4v) is 6.31. The predicted molar refractivity (Wildman–Crippen MR) is 126 cm³/mol. The van der Waals surface area contributed by atoms with Crippen molar-refractivity contribution in [2.45, 2.75) is 56.8 Å². The molecule has 0 saturated carbocycles. The molecular formula is C25H32N2O5S. The summed E-state index contributed by atoms with van der Waals surface area (Å²) in [6.07, 6.45) is 1.53. The molecule has 33 heavy (non-hydrogen) atoms. The Bertz CT molecular complexity index is 1060. The Kier molecular flexibility index (Phi) is 7.07. The van der Waals surface area contributed by atoms with E-state index in [1.807, 2.05) is 49.9 Å².